The summed E-state index contributed by atoms with van der Waals surface area (Å²) in [5, 5.41) is 5.31. The molecule has 0 unspecified atom stereocenters. The lowest BCUT2D eigenvalue weighted by atomic mass is 10.1. The van der Waals surface area contributed by atoms with E-state index in [4.69, 9.17) is 9.97 Å². The first-order chi connectivity index (χ1) is 12.1. The second-order valence-corrected chi connectivity index (χ2v) is 11.1. The van der Waals surface area contributed by atoms with Gasteiger partial charge in [-0.05, 0) is 30.9 Å². The summed E-state index contributed by atoms with van der Waals surface area (Å²) in [4.78, 5) is 12.2. The average Bonchev–Trinajstić information content (AvgIpc) is 3.24. The van der Waals surface area contributed by atoms with Crippen molar-refractivity contribution in [3.8, 4) is 0 Å². The Morgan fingerprint density at radius 2 is 1.40 bits per heavy atom. The van der Waals surface area contributed by atoms with E-state index in [0.717, 1.165) is 19.3 Å². The van der Waals surface area contributed by atoms with Crippen LogP contribution >= 0.6 is 45.3 Å². The Labute approximate surface area is 162 Å². The van der Waals surface area contributed by atoms with Crippen molar-refractivity contribution >= 4 is 84.6 Å². The summed E-state index contributed by atoms with van der Waals surface area (Å²) in [6, 6.07) is 4.75. The summed E-state index contributed by atoms with van der Waals surface area (Å²) in [6.45, 7) is 6.74. The van der Waals surface area contributed by atoms with E-state index in [9.17, 15) is 0 Å². The van der Waals surface area contributed by atoms with Crippen molar-refractivity contribution in [3.63, 3.8) is 0 Å². The molecule has 0 spiro atoms. The second-order valence-electron chi connectivity index (χ2n) is 6.88. The minimum Gasteiger partial charge on any atom is -0.230 e. The van der Waals surface area contributed by atoms with Crippen LogP contribution in [-0.4, -0.2) is 9.97 Å². The molecule has 0 atom stereocenters. The Morgan fingerprint density at radius 3 is 1.96 bits per heavy atom. The first-order valence-electron chi connectivity index (χ1n) is 8.66. The molecular weight excluding hydrogens is 384 g/mol. The largest absolute Gasteiger partial charge is 0.230 e. The van der Waals surface area contributed by atoms with Gasteiger partial charge in [-0.15, -0.1) is 45.3 Å². The topological polar surface area (TPSA) is 25.8 Å². The highest BCUT2D eigenvalue weighted by atomic mass is 32.1. The van der Waals surface area contributed by atoms with Crippen LogP contribution in [0, 0.1) is 5.92 Å². The third-order valence-electron chi connectivity index (χ3n) is 4.31. The Hall–Kier alpha value is -1.08. The van der Waals surface area contributed by atoms with Gasteiger partial charge in [0.1, 0.15) is 9.66 Å². The van der Waals surface area contributed by atoms with Crippen molar-refractivity contribution in [1.29, 1.82) is 0 Å². The minimum absolute atomic E-state index is 0.658. The number of hydrogen-bond acceptors (Lipinski definition) is 6. The molecule has 0 aliphatic rings. The minimum atomic E-state index is 0.658. The summed E-state index contributed by atoms with van der Waals surface area (Å²) in [7, 11) is 0. The fourth-order valence-electron chi connectivity index (χ4n) is 3.22. The molecule has 128 valence electrons. The quantitative estimate of drug-likeness (QED) is 0.311. The van der Waals surface area contributed by atoms with Crippen LogP contribution in [0.3, 0.4) is 0 Å². The maximum Gasteiger partial charge on any atom is 0.135 e. The van der Waals surface area contributed by atoms with Crippen molar-refractivity contribution in [2.75, 3.05) is 0 Å². The molecular formula is C19H18N2S4. The van der Waals surface area contributed by atoms with Gasteiger partial charge in [-0.2, -0.15) is 0 Å². The van der Waals surface area contributed by atoms with Crippen molar-refractivity contribution in [2.45, 2.75) is 40.0 Å². The highest BCUT2D eigenvalue weighted by molar-refractivity contribution is 7.33. The molecule has 0 aliphatic heterocycles. The normalized spacial score (nSPS) is 12.6. The molecule has 0 fully saturated rings. The van der Waals surface area contributed by atoms with E-state index >= 15 is 0 Å². The van der Waals surface area contributed by atoms with Crippen LogP contribution in [0.1, 0.15) is 37.2 Å². The van der Waals surface area contributed by atoms with Gasteiger partial charge in [0.2, 0.25) is 0 Å². The number of rotatable bonds is 4. The van der Waals surface area contributed by atoms with Gasteiger partial charge in [0, 0.05) is 26.6 Å². The Bertz CT molecular complexity index is 1220. The highest BCUT2D eigenvalue weighted by Crippen LogP contribution is 2.44. The summed E-state index contributed by atoms with van der Waals surface area (Å²) < 4.78 is 5.47. The van der Waals surface area contributed by atoms with Crippen molar-refractivity contribution in [2.24, 2.45) is 5.92 Å². The zero-order valence-corrected chi connectivity index (χ0v) is 17.6. The molecule has 0 bridgehead atoms. The van der Waals surface area contributed by atoms with E-state index in [2.05, 4.69) is 32.9 Å². The maximum atomic E-state index is 4.89. The molecule has 0 radical (unpaired) electrons. The lowest BCUT2D eigenvalue weighted by Gasteiger charge is -1.98. The van der Waals surface area contributed by atoms with Gasteiger partial charge in [-0.3, -0.25) is 0 Å². The molecule has 0 amide bonds. The molecule has 1 aromatic carbocycles. The SMILES string of the molecule is CCCc1nc2sc3cc4c(cc3c2s1)sc1nc(CC(C)C)sc14. The third-order valence-corrected chi connectivity index (χ3v) is 8.92. The number of fused-ring (bicyclic) bond motifs is 6. The molecule has 0 saturated carbocycles. The lowest BCUT2D eigenvalue weighted by Crippen LogP contribution is -1.91. The van der Waals surface area contributed by atoms with E-state index < -0.39 is 0 Å². The van der Waals surface area contributed by atoms with E-state index in [1.165, 1.54) is 49.2 Å². The standard InChI is InChI=1S/C19H18N2S4/c1-4-5-14-20-18-16(24-14)10-7-13-11(8-12(10)22-18)17-19(23-13)21-15(25-17)6-9(2)3/h7-9H,4-6H2,1-3H3. The molecule has 5 aromatic rings. The average molecular weight is 403 g/mol. The van der Waals surface area contributed by atoms with E-state index in [1.807, 2.05) is 45.3 Å². The number of thiazole rings is 2. The number of aromatic nitrogens is 2. The van der Waals surface area contributed by atoms with Gasteiger partial charge >= 0.3 is 0 Å². The number of hydrogen-bond donors (Lipinski definition) is 0. The molecule has 6 heteroatoms. The molecule has 0 N–H and O–H groups in total. The van der Waals surface area contributed by atoms with Crippen LogP contribution in [0.25, 0.3) is 39.2 Å². The van der Waals surface area contributed by atoms with Gasteiger partial charge in [-0.1, -0.05) is 20.8 Å². The van der Waals surface area contributed by atoms with Crippen LogP contribution in [0.4, 0.5) is 0 Å². The van der Waals surface area contributed by atoms with Crippen LogP contribution in [-0.2, 0) is 12.8 Å². The fraction of sp³-hybridized carbons (Fsp3) is 0.368. The molecule has 4 heterocycles. The smallest absolute Gasteiger partial charge is 0.135 e. The lowest BCUT2D eigenvalue weighted by molar-refractivity contribution is 0.645. The fourth-order valence-corrected chi connectivity index (χ4v) is 8.29. The second kappa shape index (κ2) is 5.98. The van der Waals surface area contributed by atoms with E-state index in [0.29, 0.717) is 5.92 Å². The molecule has 5 rings (SSSR count). The van der Waals surface area contributed by atoms with Gasteiger partial charge in [-0.25, -0.2) is 9.97 Å². The Kier molecular flexibility index (Phi) is 3.85. The maximum absolute atomic E-state index is 4.89. The van der Waals surface area contributed by atoms with Crippen molar-refractivity contribution < 1.29 is 0 Å². The zero-order chi connectivity index (χ0) is 17.1. The van der Waals surface area contributed by atoms with E-state index in [-0.39, 0.29) is 0 Å². The van der Waals surface area contributed by atoms with Crippen LogP contribution in [0.5, 0.6) is 0 Å². The molecule has 2 nitrogen and oxygen atoms in total. The number of benzene rings is 1. The van der Waals surface area contributed by atoms with Gasteiger partial charge in [0.05, 0.1) is 19.4 Å². The number of thiophene rings is 2. The summed E-state index contributed by atoms with van der Waals surface area (Å²) in [5.41, 5.74) is 0. The Morgan fingerprint density at radius 1 is 0.840 bits per heavy atom. The van der Waals surface area contributed by atoms with Crippen molar-refractivity contribution in [3.05, 3.63) is 22.1 Å². The monoisotopic (exact) mass is 402 g/mol. The van der Waals surface area contributed by atoms with Gasteiger partial charge in [0.25, 0.3) is 0 Å². The van der Waals surface area contributed by atoms with Crippen LogP contribution in [0.15, 0.2) is 12.1 Å². The van der Waals surface area contributed by atoms with Crippen molar-refractivity contribution in [1.82, 2.24) is 9.97 Å². The molecule has 4 aromatic heterocycles. The first-order valence-corrected chi connectivity index (χ1v) is 11.9. The van der Waals surface area contributed by atoms with Gasteiger partial charge in [0.15, 0.2) is 0 Å². The predicted octanol–water partition coefficient (Wildman–Crippen LogP) is 7.49. The summed E-state index contributed by atoms with van der Waals surface area (Å²) in [5.74, 6) is 0.658. The molecule has 25 heavy (non-hydrogen) atoms. The predicted molar refractivity (Wildman–Crippen MR) is 116 cm³/mol. The Balaban J connectivity index is 1.71. The summed E-state index contributed by atoms with van der Waals surface area (Å²) >= 11 is 7.44. The first kappa shape index (κ1) is 16.1. The van der Waals surface area contributed by atoms with Gasteiger partial charge < -0.3 is 0 Å². The van der Waals surface area contributed by atoms with Crippen LogP contribution < -0.4 is 0 Å². The number of aryl methyl sites for hydroxylation is 1. The zero-order valence-electron chi connectivity index (χ0n) is 14.4. The van der Waals surface area contributed by atoms with Crippen LogP contribution in [0.2, 0.25) is 0 Å². The molecule has 0 saturated heterocycles. The molecule has 0 aliphatic carbocycles. The van der Waals surface area contributed by atoms with E-state index in [1.54, 1.807) is 0 Å². The third kappa shape index (κ3) is 2.62. The summed E-state index contributed by atoms with van der Waals surface area (Å²) in [6.07, 6.45) is 3.33. The highest BCUT2D eigenvalue weighted by Gasteiger charge is 2.16. The number of nitrogens with zero attached hydrogens (tertiary/aromatic N) is 2.